The minimum absolute atomic E-state index is 0.188. The minimum atomic E-state index is -3.17. The van der Waals surface area contributed by atoms with E-state index in [0.29, 0.717) is 16.6 Å². The third kappa shape index (κ3) is 4.18. The van der Waals surface area contributed by atoms with Gasteiger partial charge in [-0.25, -0.2) is 9.37 Å². The first kappa shape index (κ1) is 21.8. The SMILES string of the molecule is C/C=C(\C=NC)c1cnc2[nH]cc(C(CF)c3c(OC(F)F)ccc(F)c3Cl)c2c1. The van der Waals surface area contributed by atoms with Gasteiger partial charge in [0.25, 0.3) is 0 Å². The fourth-order valence-electron chi connectivity index (χ4n) is 3.31. The molecule has 0 fully saturated rings. The van der Waals surface area contributed by atoms with Crippen molar-refractivity contribution in [2.75, 3.05) is 13.7 Å². The van der Waals surface area contributed by atoms with Gasteiger partial charge >= 0.3 is 6.61 Å². The highest BCUT2D eigenvalue weighted by Gasteiger charge is 2.27. The molecule has 158 valence electrons. The Balaban J connectivity index is 2.20. The second kappa shape index (κ2) is 9.30. The number of halogens is 5. The molecule has 0 bridgehead atoms. The zero-order valence-corrected chi connectivity index (χ0v) is 16.9. The van der Waals surface area contributed by atoms with Gasteiger partial charge in [0.2, 0.25) is 0 Å². The number of nitrogens with zero attached hydrogens (tertiary/aromatic N) is 2. The van der Waals surface area contributed by atoms with Crippen molar-refractivity contribution in [2.45, 2.75) is 19.5 Å². The predicted octanol–water partition coefficient (Wildman–Crippen LogP) is 6.16. The molecule has 4 nitrogen and oxygen atoms in total. The molecule has 3 rings (SSSR count). The minimum Gasteiger partial charge on any atom is -0.434 e. The highest BCUT2D eigenvalue weighted by atomic mass is 35.5. The summed E-state index contributed by atoms with van der Waals surface area (Å²) in [5, 5.41) is 0.0730. The molecule has 0 aliphatic heterocycles. The summed E-state index contributed by atoms with van der Waals surface area (Å²) < 4.78 is 58.5. The van der Waals surface area contributed by atoms with Crippen molar-refractivity contribution >= 4 is 34.4 Å². The zero-order chi connectivity index (χ0) is 21.8. The molecule has 1 aromatic carbocycles. The van der Waals surface area contributed by atoms with Crippen LogP contribution in [0.2, 0.25) is 5.02 Å². The fraction of sp³-hybridized carbons (Fsp3) is 0.238. The van der Waals surface area contributed by atoms with Crippen LogP contribution >= 0.6 is 11.6 Å². The molecule has 1 unspecified atom stereocenters. The van der Waals surface area contributed by atoms with E-state index < -0.39 is 30.0 Å². The molecule has 9 heteroatoms. The number of fused-ring (bicyclic) bond motifs is 1. The number of aromatic amines is 1. The van der Waals surface area contributed by atoms with E-state index in [1.165, 1.54) is 6.20 Å². The Kier molecular flexibility index (Phi) is 6.77. The monoisotopic (exact) mass is 439 g/mol. The second-order valence-corrected chi connectivity index (χ2v) is 6.73. The van der Waals surface area contributed by atoms with E-state index in [9.17, 15) is 17.6 Å². The summed E-state index contributed by atoms with van der Waals surface area (Å²) in [5.41, 5.74) is 2.18. The number of aromatic nitrogens is 2. The molecule has 0 radical (unpaired) electrons. The van der Waals surface area contributed by atoms with Crippen LogP contribution in [0.15, 0.2) is 41.7 Å². The van der Waals surface area contributed by atoms with Crippen LogP contribution in [0, 0.1) is 5.82 Å². The molecule has 30 heavy (non-hydrogen) atoms. The van der Waals surface area contributed by atoms with Gasteiger partial charge in [0.05, 0.1) is 5.02 Å². The maximum atomic E-state index is 14.2. The molecule has 0 spiro atoms. The zero-order valence-electron chi connectivity index (χ0n) is 16.1. The van der Waals surface area contributed by atoms with Crippen LogP contribution in [-0.2, 0) is 0 Å². The first-order chi connectivity index (χ1) is 14.4. The molecular weight excluding hydrogens is 422 g/mol. The highest BCUT2D eigenvalue weighted by molar-refractivity contribution is 6.31. The van der Waals surface area contributed by atoms with Crippen molar-refractivity contribution in [1.29, 1.82) is 0 Å². The smallest absolute Gasteiger partial charge is 0.387 e. The average Bonchev–Trinajstić information content (AvgIpc) is 3.14. The van der Waals surface area contributed by atoms with E-state index >= 15 is 0 Å². The first-order valence-electron chi connectivity index (χ1n) is 8.95. The Hall–Kier alpha value is -2.87. The van der Waals surface area contributed by atoms with Gasteiger partial charge in [-0.05, 0) is 36.3 Å². The number of pyridine rings is 1. The van der Waals surface area contributed by atoms with Crippen molar-refractivity contribution < 1.29 is 22.3 Å². The topological polar surface area (TPSA) is 50.3 Å². The van der Waals surface area contributed by atoms with Crippen molar-refractivity contribution in [3.05, 3.63) is 64.2 Å². The normalized spacial score (nSPS) is 13.5. The summed E-state index contributed by atoms with van der Waals surface area (Å²) in [5.74, 6) is -2.40. The van der Waals surface area contributed by atoms with Gasteiger partial charge in [-0.2, -0.15) is 8.78 Å². The number of aliphatic imine (C=N–C) groups is 1. The van der Waals surface area contributed by atoms with E-state index in [2.05, 4.69) is 19.7 Å². The van der Waals surface area contributed by atoms with E-state index in [4.69, 9.17) is 11.6 Å². The molecule has 0 saturated carbocycles. The van der Waals surface area contributed by atoms with Gasteiger partial charge in [-0.3, -0.25) is 9.38 Å². The first-order valence-corrected chi connectivity index (χ1v) is 9.33. The van der Waals surface area contributed by atoms with Crippen molar-refractivity contribution in [2.24, 2.45) is 4.99 Å². The summed E-state index contributed by atoms with van der Waals surface area (Å²) >= 11 is 6.05. The average molecular weight is 440 g/mol. The van der Waals surface area contributed by atoms with Gasteiger partial charge in [0.15, 0.2) is 0 Å². The van der Waals surface area contributed by atoms with Crippen LogP contribution in [-0.4, -0.2) is 36.5 Å². The molecule has 0 saturated heterocycles. The summed E-state index contributed by atoms with van der Waals surface area (Å²) in [6.07, 6.45) is 6.62. The number of benzene rings is 1. The van der Waals surface area contributed by atoms with Gasteiger partial charge in [0, 0.05) is 48.1 Å². The third-order valence-electron chi connectivity index (χ3n) is 4.66. The largest absolute Gasteiger partial charge is 0.434 e. The summed E-state index contributed by atoms with van der Waals surface area (Å²) in [7, 11) is 1.63. The molecule has 0 aliphatic carbocycles. The summed E-state index contributed by atoms with van der Waals surface area (Å²) in [6, 6.07) is 3.68. The molecule has 0 aliphatic rings. The Morgan fingerprint density at radius 1 is 1.37 bits per heavy atom. The van der Waals surface area contributed by atoms with E-state index in [-0.39, 0.29) is 11.3 Å². The van der Waals surface area contributed by atoms with Crippen LogP contribution < -0.4 is 4.74 Å². The van der Waals surface area contributed by atoms with E-state index in [1.54, 1.807) is 25.5 Å². The van der Waals surface area contributed by atoms with Crippen LogP contribution in [0.25, 0.3) is 16.6 Å². The maximum absolute atomic E-state index is 14.2. The molecule has 1 atom stereocenters. The van der Waals surface area contributed by atoms with Crippen molar-refractivity contribution in [1.82, 2.24) is 9.97 Å². The summed E-state index contributed by atoms with van der Waals surface area (Å²) in [4.78, 5) is 11.3. The second-order valence-electron chi connectivity index (χ2n) is 6.35. The molecule has 2 heterocycles. The van der Waals surface area contributed by atoms with Gasteiger partial charge in [0.1, 0.15) is 23.9 Å². The maximum Gasteiger partial charge on any atom is 0.387 e. The van der Waals surface area contributed by atoms with E-state index in [1.807, 2.05) is 13.0 Å². The Morgan fingerprint density at radius 3 is 2.77 bits per heavy atom. The lowest BCUT2D eigenvalue weighted by Crippen LogP contribution is -2.11. The lowest BCUT2D eigenvalue weighted by molar-refractivity contribution is -0.0506. The number of ether oxygens (including phenoxy) is 1. The fourth-order valence-corrected chi connectivity index (χ4v) is 3.60. The number of nitrogens with one attached hydrogen (secondary N) is 1. The van der Waals surface area contributed by atoms with Crippen molar-refractivity contribution in [3.63, 3.8) is 0 Å². The third-order valence-corrected chi connectivity index (χ3v) is 5.05. The highest BCUT2D eigenvalue weighted by Crippen LogP contribution is 2.41. The molecule has 1 N–H and O–H groups in total. The number of hydrogen-bond acceptors (Lipinski definition) is 3. The van der Waals surface area contributed by atoms with Gasteiger partial charge in [-0.1, -0.05) is 17.7 Å². The van der Waals surface area contributed by atoms with Crippen LogP contribution in [0.3, 0.4) is 0 Å². The molecule has 2 aromatic heterocycles. The van der Waals surface area contributed by atoms with Gasteiger partial charge < -0.3 is 9.72 Å². The lowest BCUT2D eigenvalue weighted by atomic mass is 9.91. The molecular formula is C21H18ClF4N3O. The number of alkyl halides is 3. The van der Waals surface area contributed by atoms with Crippen molar-refractivity contribution in [3.8, 4) is 5.75 Å². The Labute approximate surface area is 175 Å². The number of H-pyrrole nitrogens is 1. The van der Waals surface area contributed by atoms with E-state index in [0.717, 1.165) is 23.3 Å². The number of hydrogen-bond donors (Lipinski definition) is 1. The Morgan fingerprint density at radius 2 is 2.13 bits per heavy atom. The molecule has 3 aromatic rings. The van der Waals surface area contributed by atoms with Crippen LogP contribution in [0.4, 0.5) is 17.6 Å². The number of allylic oxidation sites excluding steroid dienone is 2. The summed E-state index contributed by atoms with van der Waals surface area (Å²) in [6.45, 7) is -2.36. The Bertz CT molecular complexity index is 1110. The predicted molar refractivity (Wildman–Crippen MR) is 110 cm³/mol. The van der Waals surface area contributed by atoms with Crippen LogP contribution in [0.1, 0.15) is 29.5 Å². The lowest BCUT2D eigenvalue weighted by Gasteiger charge is -2.19. The van der Waals surface area contributed by atoms with Crippen LogP contribution in [0.5, 0.6) is 5.75 Å². The van der Waals surface area contributed by atoms with Gasteiger partial charge in [-0.15, -0.1) is 0 Å². The number of rotatable bonds is 7. The molecule has 0 amide bonds. The quantitative estimate of drug-likeness (QED) is 0.354. The standard InChI is InChI=1S/C21H18ClF4N3O/c1-3-11(8-27-2)12-6-13-15(10-29-20(13)28-9-12)14(7-23)18-17(30-21(25)26)5-4-16(24)19(18)22/h3-6,8-10,14,21H,7H2,1-2H3,(H,28,29)/b11-3+,27-8?.